The zero-order valence-electron chi connectivity index (χ0n) is 12.8. The van der Waals surface area contributed by atoms with Crippen LogP contribution < -0.4 is 14.2 Å². The zero-order chi connectivity index (χ0) is 18.9. The molecule has 26 heavy (non-hydrogen) atoms. The molecule has 0 amide bonds. The fourth-order valence-electron chi connectivity index (χ4n) is 2.18. The van der Waals surface area contributed by atoms with E-state index in [9.17, 15) is 22.0 Å². The Labute approximate surface area is 146 Å². The second-order valence-corrected chi connectivity index (χ2v) is 6.74. The van der Waals surface area contributed by atoms with Crippen LogP contribution in [-0.2, 0) is 10.0 Å². The van der Waals surface area contributed by atoms with Gasteiger partial charge in [-0.15, -0.1) is 8.78 Å². The van der Waals surface area contributed by atoms with Crippen molar-refractivity contribution >= 4 is 27.8 Å². The quantitative estimate of drug-likeness (QED) is 0.823. The minimum absolute atomic E-state index is 0.102. The Bertz CT molecular complexity index is 1000. The highest BCUT2D eigenvalue weighted by Crippen LogP contribution is 2.41. The molecule has 0 radical (unpaired) electrons. The van der Waals surface area contributed by atoms with Crippen molar-refractivity contribution in [1.29, 1.82) is 0 Å². The number of sulfonamides is 1. The molecule has 2 aromatic carbocycles. The Hall–Kier alpha value is -3.14. The van der Waals surface area contributed by atoms with E-state index >= 15 is 0 Å². The summed E-state index contributed by atoms with van der Waals surface area (Å²) in [6.45, 7) is 0. The first kappa shape index (κ1) is 17.7. The van der Waals surface area contributed by atoms with Crippen molar-refractivity contribution in [2.45, 2.75) is 6.29 Å². The zero-order valence-corrected chi connectivity index (χ0v) is 13.7. The van der Waals surface area contributed by atoms with Crippen molar-refractivity contribution in [2.75, 3.05) is 4.72 Å². The van der Waals surface area contributed by atoms with Crippen molar-refractivity contribution in [3.05, 3.63) is 59.0 Å². The van der Waals surface area contributed by atoms with E-state index in [-0.39, 0.29) is 28.3 Å². The first-order chi connectivity index (χ1) is 12.2. The summed E-state index contributed by atoms with van der Waals surface area (Å²) < 4.78 is 60.8. The lowest BCUT2D eigenvalue weighted by Crippen LogP contribution is -2.25. The van der Waals surface area contributed by atoms with E-state index in [0.717, 1.165) is 11.5 Å². The molecule has 1 aliphatic rings. The van der Waals surface area contributed by atoms with Crippen LogP contribution in [0.25, 0.3) is 6.08 Å². The summed E-state index contributed by atoms with van der Waals surface area (Å²) in [5.41, 5.74) is -0.0493. The molecule has 1 aliphatic heterocycles. The van der Waals surface area contributed by atoms with Crippen LogP contribution in [0.5, 0.6) is 11.5 Å². The number of carbonyl (C=O) groups is 1. The van der Waals surface area contributed by atoms with Gasteiger partial charge in [0, 0.05) is 0 Å². The van der Waals surface area contributed by atoms with Crippen molar-refractivity contribution in [2.24, 2.45) is 0 Å². The fraction of sp³-hybridized carbons (Fsp3) is 0.0625. The van der Waals surface area contributed by atoms with Crippen LogP contribution in [0.3, 0.4) is 0 Å². The molecule has 0 aliphatic carbocycles. The Balaban J connectivity index is 1.80. The number of alkyl halides is 2. The predicted molar refractivity (Wildman–Crippen MR) is 87.6 cm³/mol. The van der Waals surface area contributed by atoms with Crippen LogP contribution >= 0.6 is 0 Å². The average Bonchev–Trinajstić information content (AvgIpc) is 2.86. The number of halogens is 2. The van der Waals surface area contributed by atoms with Crippen LogP contribution in [0.4, 0.5) is 14.5 Å². The number of fused-ring (bicyclic) bond motifs is 1. The van der Waals surface area contributed by atoms with Crippen LogP contribution in [0.15, 0.2) is 47.9 Å². The third-order valence-corrected chi connectivity index (χ3v) is 4.27. The number of para-hydroxylation sites is 1. The first-order valence-corrected chi connectivity index (χ1v) is 8.63. The molecule has 0 aromatic heterocycles. The topological polar surface area (TPSA) is 102 Å². The van der Waals surface area contributed by atoms with Crippen LogP contribution in [0.1, 0.15) is 15.9 Å². The van der Waals surface area contributed by atoms with Gasteiger partial charge >= 0.3 is 12.3 Å². The number of hydrogen-bond donors (Lipinski definition) is 2. The third kappa shape index (κ3) is 3.91. The minimum Gasteiger partial charge on any atom is -0.478 e. The van der Waals surface area contributed by atoms with Crippen molar-refractivity contribution < 1.29 is 36.6 Å². The number of nitrogens with one attached hydrogen (secondary N) is 1. The Morgan fingerprint density at radius 3 is 2.54 bits per heavy atom. The molecule has 0 fully saturated rings. The maximum absolute atomic E-state index is 13.0. The highest BCUT2D eigenvalue weighted by molar-refractivity contribution is 7.95. The van der Waals surface area contributed by atoms with E-state index in [1.54, 1.807) is 0 Å². The van der Waals surface area contributed by atoms with E-state index in [0.29, 0.717) is 0 Å². The van der Waals surface area contributed by atoms with Crippen molar-refractivity contribution in [3.63, 3.8) is 0 Å². The molecule has 2 N–H and O–H groups in total. The Kier molecular flexibility index (Phi) is 4.28. The van der Waals surface area contributed by atoms with Gasteiger partial charge in [-0.3, -0.25) is 4.72 Å². The molecule has 1 heterocycles. The number of aromatic carboxylic acids is 1. The van der Waals surface area contributed by atoms with Gasteiger partial charge in [-0.05, 0) is 35.9 Å². The molecule has 0 atom stereocenters. The number of anilines is 1. The van der Waals surface area contributed by atoms with Crippen LogP contribution in [0.2, 0.25) is 0 Å². The monoisotopic (exact) mass is 383 g/mol. The smallest absolute Gasteiger partial charge is 0.478 e. The summed E-state index contributed by atoms with van der Waals surface area (Å²) in [5.74, 6) is -1.67. The number of hydrogen-bond acceptors (Lipinski definition) is 5. The summed E-state index contributed by atoms with van der Waals surface area (Å²) in [6.07, 6.45) is -2.62. The van der Waals surface area contributed by atoms with Crippen LogP contribution in [0, 0.1) is 0 Å². The minimum atomic E-state index is -4.04. The first-order valence-electron chi connectivity index (χ1n) is 7.08. The normalized spacial score (nSPS) is 15.2. The van der Waals surface area contributed by atoms with E-state index < -0.39 is 22.3 Å². The summed E-state index contributed by atoms with van der Waals surface area (Å²) in [5, 5.41) is 9.84. The summed E-state index contributed by atoms with van der Waals surface area (Å²) in [7, 11) is -4.04. The summed E-state index contributed by atoms with van der Waals surface area (Å²) in [6, 6.07) is 9.26. The molecular formula is C16H11F2NO6S. The molecule has 10 heteroatoms. The van der Waals surface area contributed by atoms with Crippen molar-refractivity contribution in [1.82, 2.24) is 0 Å². The number of rotatable bonds is 5. The maximum atomic E-state index is 13.0. The van der Waals surface area contributed by atoms with Gasteiger partial charge in [0.2, 0.25) is 0 Å². The van der Waals surface area contributed by atoms with Gasteiger partial charge in [0.1, 0.15) is 0 Å². The Morgan fingerprint density at radius 1 is 1.12 bits per heavy atom. The molecular weight excluding hydrogens is 372 g/mol. The van der Waals surface area contributed by atoms with E-state index in [2.05, 4.69) is 14.2 Å². The second kappa shape index (κ2) is 6.30. The van der Waals surface area contributed by atoms with Gasteiger partial charge in [0.05, 0.1) is 16.7 Å². The molecule has 3 rings (SSSR count). The van der Waals surface area contributed by atoms with Crippen molar-refractivity contribution in [3.8, 4) is 11.5 Å². The number of carboxylic acid groups (broad SMARTS) is 1. The molecule has 0 bridgehead atoms. The standard InChI is InChI=1S/C16H11F2NO6S/c17-16(18)24-13-6-5-10(9-14(13)25-16)7-8-26(22,23)19-12-4-2-1-3-11(12)15(20)21/h1-9,19H,(H,20,21)/b8-7+. The van der Waals surface area contributed by atoms with Gasteiger partial charge in [-0.1, -0.05) is 18.2 Å². The van der Waals surface area contributed by atoms with Gasteiger partial charge in [0.25, 0.3) is 10.0 Å². The molecule has 7 nitrogen and oxygen atoms in total. The molecule has 0 saturated heterocycles. The average molecular weight is 383 g/mol. The molecule has 2 aromatic rings. The summed E-state index contributed by atoms with van der Waals surface area (Å²) >= 11 is 0. The van der Waals surface area contributed by atoms with Gasteiger partial charge < -0.3 is 14.6 Å². The number of ether oxygens (including phenoxy) is 2. The molecule has 136 valence electrons. The SMILES string of the molecule is O=C(O)c1ccccc1NS(=O)(=O)/C=C/c1ccc2c(c1)OC(F)(F)O2. The van der Waals surface area contributed by atoms with Crippen LogP contribution in [-0.4, -0.2) is 25.8 Å². The highest BCUT2D eigenvalue weighted by atomic mass is 32.2. The number of benzene rings is 2. The molecule has 0 saturated carbocycles. The Morgan fingerprint density at radius 2 is 1.81 bits per heavy atom. The van der Waals surface area contributed by atoms with Gasteiger partial charge in [0.15, 0.2) is 11.5 Å². The summed E-state index contributed by atoms with van der Waals surface area (Å²) in [4.78, 5) is 11.1. The van der Waals surface area contributed by atoms with E-state index in [4.69, 9.17) is 5.11 Å². The lowest BCUT2D eigenvalue weighted by molar-refractivity contribution is -0.286. The number of carboxylic acids is 1. The highest BCUT2D eigenvalue weighted by Gasteiger charge is 2.43. The molecule has 0 unspecified atom stereocenters. The van der Waals surface area contributed by atoms with E-state index in [1.165, 1.54) is 42.5 Å². The largest absolute Gasteiger partial charge is 0.586 e. The second-order valence-electron chi connectivity index (χ2n) is 5.17. The van der Waals surface area contributed by atoms with Gasteiger partial charge in [-0.25, -0.2) is 13.2 Å². The van der Waals surface area contributed by atoms with E-state index in [1.807, 2.05) is 0 Å². The van der Waals surface area contributed by atoms with Gasteiger partial charge in [-0.2, -0.15) is 0 Å². The lowest BCUT2D eigenvalue weighted by Gasteiger charge is -2.07. The molecule has 0 spiro atoms. The fourth-order valence-corrected chi connectivity index (χ4v) is 3.07. The predicted octanol–water partition coefficient (Wildman–Crippen LogP) is 3.12. The third-order valence-electron chi connectivity index (χ3n) is 3.27. The maximum Gasteiger partial charge on any atom is 0.586 e. The lowest BCUT2D eigenvalue weighted by atomic mass is 10.2.